The number of hydrogen-bond acceptors (Lipinski definition) is 4. The summed E-state index contributed by atoms with van der Waals surface area (Å²) < 4.78 is 11.7. The van der Waals surface area contributed by atoms with E-state index in [9.17, 15) is 9.59 Å². The molecule has 1 saturated carbocycles. The summed E-state index contributed by atoms with van der Waals surface area (Å²) in [6.07, 6.45) is 5.50. The molecule has 5 heteroatoms. The maximum atomic E-state index is 13.0. The Bertz CT molecular complexity index is 1020. The van der Waals surface area contributed by atoms with Crippen molar-refractivity contribution in [3.05, 3.63) is 64.8 Å². The average Bonchev–Trinajstić information content (AvgIpc) is 2.74. The summed E-state index contributed by atoms with van der Waals surface area (Å²) in [5, 5.41) is 3.44. The number of nitrogens with one attached hydrogen (secondary N) is 1. The average molecular weight is 377 g/mol. The predicted molar refractivity (Wildman–Crippen MR) is 108 cm³/mol. The van der Waals surface area contributed by atoms with Gasteiger partial charge in [-0.15, -0.1) is 0 Å². The number of amides is 1. The monoisotopic (exact) mass is 377 g/mol. The molecule has 0 atom stereocenters. The molecule has 1 fully saturated rings. The zero-order valence-electron chi connectivity index (χ0n) is 15.6. The second-order valence-electron chi connectivity index (χ2n) is 7.14. The molecule has 5 nitrogen and oxygen atoms in total. The molecule has 1 heterocycles. The van der Waals surface area contributed by atoms with E-state index in [2.05, 4.69) is 5.32 Å². The molecule has 0 unspecified atom stereocenters. The van der Waals surface area contributed by atoms with Crippen LogP contribution in [-0.2, 0) is 4.79 Å². The van der Waals surface area contributed by atoms with Gasteiger partial charge in [0.25, 0.3) is 5.91 Å². The topological polar surface area (TPSA) is 68.5 Å². The van der Waals surface area contributed by atoms with Crippen LogP contribution >= 0.6 is 0 Å². The minimum atomic E-state index is -0.272. The molecule has 0 radical (unpaired) electrons. The van der Waals surface area contributed by atoms with E-state index in [1.54, 1.807) is 18.2 Å². The molecule has 0 saturated heterocycles. The highest BCUT2D eigenvalue weighted by atomic mass is 16.5. The van der Waals surface area contributed by atoms with Crippen LogP contribution in [0.1, 0.15) is 32.1 Å². The van der Waals surface area contributed by atoms with Crippen LogP contribution in [0.5, 0.6) is 5.75 Å². The first kappa shape index (κ1) is 18.3. The zero-order valence-corrected chi connectivity index (χ0v) is 15.6. The van der Waals surface area contributed by atoms with Gasteiger partial charge in [-0.3, -0.25) is 9.59 Å². The number of carbonyl (C=O) groups is 1. The Labute approximate surface area is 163 Å². The lowest BCUT2D eigenvalue weighted by Crippen LogP contribution is -2.39. The summed E-state index contributed by atoms with van der Waals surface area (Å²) in [4.78, 5) is 25.3. The molecule has 0 bridgehead atoms. The molecule has 1 aliphatic rings. The lowest BCUT2D eigenvalue weighted by Gasteiger charge is -2.22. The van der Waals surface area contributed by atoms with Crippen LogP contribution in [0.4, 0.5) is 0 Å². The molecule has 1 amide bonds. The number of para-hydroxylation sites is 1. The van der Waals surface area contributed by atoms with Crippen molar-refractivity contribution in [2.24, 2.45) is 0 Å². The molecule has 0 spiro atoms. The quantitative estimate of drug-likeness (QED) is 0.720. The Balaban J connectivity index is 1.62. The van der Waals surface area contributed by atoms with Crippen LogP contribution < -0.4 is 15.5 Å². The molecule has 1 N–H and O–H groups in total. The van der Waals surface area contributed by atoms with E-state index in [0.29, 0.717) is 16.7 Å². The summed E-state index contributed by atoms with van der Waals surface area (Å²) in [7, 11) is 0. The summed E-state index contributed by atoms with van der Waals surface area (Å²) in [5.41, 5.74) is 0.949. The largest absolute Gasteiger partial charge is 0.476 e. The van der Waals surface area contributed by atoms with Gasteiger partial charge < -0.3 is 14.5 Å². The fourth-order valence-corrected chi connectivity index (χ4v) is 3.69. The van der Waals surface area contributed by atoms with Crippen molar-refractivity contribution < 1.29 is 13.9 Å². The highest BCUT2D eigenvalue weighted by molar-refractivity contribution is 5.82. The third-order valence-electron chi connectivity index (χ3n) is 5.11. The maximum Gasteiger partial charge on any atom is 0.258 e. The second kappa shape index (κ2) is 8.30. The van der Waals surface area contributed by atoms with Gasteiger partial charge >= 0.3 is 0 Å². The molecular weight excluding hydrogens is 354 g/mol. The van der Waals surface area contributed by atoms with E-state index in [4.69, 9.17) is 9.15 Å². The fourth-order valence-electron chi connectivity index (χ4n) is 3.69. The molecule has 28 heavy (non-hydrogen) atoms. The van der Waals surface area contributed by atoms with E-state index in [1.165, 1.54) is 6.42 Å². The second-order valence-corrected chi connectivity index (χ2v) is 7.14. The molecule has 1 aromatic heterocycles. The van der Waals surface area contributed by atoms with Gasteiger partial charge in [-0.05, 0) is 25.0 Å². The van der Waals surface area contributed by atoms with Crippen molar-refractivity contribution >= 4 is 16.9 Å². The molecular formula is C23H23NO4. The predicted octanol–water partition coefficient (Wildman–Crippen LogP) is 4.29. The van der Waals surface area contributed by atoms with E-state index in [-0.39, 0.29) is 29.7 Å². The lowest BCUT2D eigenvalue weighted by molar-refractivity contribution is -0.124. The van der Waals surface area contributed by atoms with Crippen LogP contribution in [0.3, 0.4) is 0 Å². The molecule has 2 aromatic carbocycles. The van der Waals surface area contributed by atoms with Gasteiger partial charge in [-0.1, -0.05) is 61.7 Å². The number of ether oxygens (including phenoxy) is 1. The van der Waals surface area contributed by atoms with Crippen molar-refractivity contribution in [2.75, 3.05) is 6.61 Å². The Kier molecular flexibility index (Phi) is 5.42. The molecule has 4 rings (SSSR count). The summed E-state index contributed by atoms with van der Waals surface area (Å²) >= 11 is 0. The Morgan fingerprint density at radius 2 is 1.71 bits per heavy atom. The highest BCUT2D eigenvalue weighted by Crippen LogP contribution is 2.30. The molecule has 1 aliphatic carbocycles. The number of hydrogen-bond donors (Lipinski definition) is 1. The molecule has 0 aliphatic heterocycles. The smallest absolute Gasteiger partial charge is 0.258 e. The Hall–Kier alpha value is -3.08. The van der Waals surface area contributed by atoms with E-state index < -0.39 is 0 Å². The highest BCUT2D eigenvalue weighted by Gasteiger charge is 2.20. The van der Waals surface area contributed by atoms with Crippen molar-refractivity contribution in [1.82, 2.24) is 5.32 Å². The zero-order chi connectivity index (χ0) is 19.3. The lowest BCUT2D eigenvalue weighted by atomic mass is 9.95. The summed E-state index contributed by atoms with van der Waals surface area (Å²) in [5.74, 6) is 0.205. The number of benzene rings is 2. The first-order valence-corrected chi connectivity index (χ1v) is 9.76. The Morgan fingerprint density at radius 1 is 1.00 bits per heavy atom. The number of rotatable bonds is 5. The van der Waals surface area contributed by atoms with Crippen LogP contribution in [0.2, 0.25) is 0 Å². The van der Waals surface area contributed by atoms with Gasteiger partial charge in [0, 0.05) is 11.6 Å². The fraction of sp³-hybridized carbons (Fsp3) is 0.304. The van der Waals surface area contributed by atoms with Crippen molar-refractivity contribution in [3.8, 4) is 17.1 Å². The minimum absolute atomic E-state index is 0.0729. The van der Waals surface area contributed by atoms with Gasteiger partial charge in [-0.25, -0.2) is 0 Å². The maximum absolute atomic E-state index is 13.0. The van der Waals surface area contributed by atoms with Gasteiger partial charge in [0.15, 0.2) is 12.4 Å². The third kappa shape index (κ3) is 3.93. The standard InChI is InChI=1S/C23H23NO4/c25-20(24-17-11-5-2-6-12-17)15-27-23-21(26)18-13-7-8-14-19(18)28-22(23)16-9-3-1-4-10-16/h1,3-4,7-10,13-14,17H,2,5-6,11-12,15H2,(H,24,25). The minimum Gasteiger partial charge on any atom is -0.476 e. The summed E-state index contributed by atoms with van der Waals surface area (Å²) in [6.45, 7) is -0.209. The molecule has 3 aromatic rings. The van der Waals surface area contributed by atoms with E-state index in [0.717, 1.165) is 31.2 Å². The number of carbonyl (C=O) groups excluding carboxylic acids is 1. The van der Waals surface area contributed by atoms with Crippen LogP contribution in [0.15, 0.2) is 63.8 Å². The Morgan fingerprint density at radius 3 is 2.50 bits per heavy atom. The SMILES string of the molecule is O=C(COc1c(-c2ccccc2)oc2ccccc2c1=O)NC1CCCCC1. The van der Waals surface area contributed by atoms with Crippen LogP contribution in [0, 0.1) is 0 Å². The van der Waals surface area contributed by atoms with E-state index in [1.807, 2.05) is 36.4 Å². The van der Waals surface area contributed by atoms with Crippen LogP contribution in [0.25, 0.3) is 22.3 Å². The number of fused-ring (bicyclic) bond motifs is 1. The van der Waals surface area contributed by atoms with E-state index >= 15 is 0 Å². The normalized spacial score (nSPS) is 14.7. The van der Waals surface area contributed by atoms with Gasteiger partial charge in [-0.2, -0.15) is 0 Å². The summed E-state index contributed by atoms with van der Waals surface area (Å²) in [6, 6.07) is 16.6. The van der Waals surface area contributed by atoms with Gasteiger partial charge in [0.2, 0.25) is 11.2 Å². The van der Waals surface area contributed by atoms with Crippen molar-refractivity contribution in [2.45, 2.75) is 38.1 Å². The van der Waals surface area contributed by atoms with Gasteiger partial charge in [0.05, 0.1) is 5.39 Å². The molecule has 144 valence electrons. The van der Waals surface area contributed by atoms with Crippen molar-refractivity contribution in [1.29, 1.82) is 0 Å². The van der Waals surface area contributed by atoms with Crippen LogP contribution in [-0.4, -0.2) is 18.6 Å². The third-order valence-corrected chi connectivity index (χ3v) is 5.11. The van der Waals surface area contributed by atoms with Gasteiger partial charge in [0.1, 0.15) is 5.58 Å². The first-order chi connectivity index (χ1) is 13.7. The van der Waals surface area contributed by atoms with Crippen molar-refractivity contribution in [3.63, 3.8) is 0 Å². The first-order valence-electron chi connectivity index (χ1n) is 9.76.